The zero-order valence-electron chi connectivity index (χ0n) is 22.7. The van der Waals surface area contributed by atoms with Gasteiger partial charge >= 0.3 is 0 Å². The van der Waals surface area contributed by atoms with E-state index in [0.29, 0.717) is 31.7 Å². The molecule has 0 unspecified atom stereocenters. The van der Waals surface area contributed by atoms with Gasteiger partial charge < -0.3 is 24.3 Å². The quantitative estimate of drug-likeness (QED) is 0.265. The molecule has 2 N–H and O–H groups in total. The third kappa shape index (κ3) is 5.15. The van der Waals surface area contributed by atoms with E-state index >= 15 is 0 Å². The van der Waals surface area contributed by atoms with Crippen LogP contribution in [0.15, 0.2) is 48.7 Å². The third-order valence-corrected chi connectivity index (χ3v) is 11.3. The molecule has 9 nitrogen and oxygen atoms in total. The number of rotatable bonds is 9. The van der Waals surface area contributed by atoms with Crippen LogP contribution in [0, 0.1) is 9.49 Å². The first kappa shape index (κ1) is 28.2. The van der Waals surface area contributed by atoms with E-state index in [9.17, 15) is 14.7 Å². The van der Waals surface area contributed by atoms with Crippen LogP contribution >= 0.6 is 22.6 Å². The average molecular weight is 663 g/mol. The number of fused-ring (bicyclic) bond motifs is 2. The number of ether oxygens (including phenoxy) is 2. The normalized spacial score (nSPS) is 24.5. The molecule has 3 heterocycles. The van der Waals surface area contributed by atoms with E-state index < -0.39 is 13.9 Å². The van der Waals surface area contributed by atoms with Crippen LogP contribution in [0.2, 0.25) is 18.6 Å². The van der Waals surface area contributed by atoms with Crippen molar-refractivity contribution < 1.29 is 24.2 Å². The summed E-state index contributed by atoms with van der Waals surface area (Å²) in [5.41, 5.74) is 1.96. The Bertz CT molecular complexity index is 1340. The molecule has 5 rings (SSSR count). The predicted molar refractivity (Wildman–Crippen MR) is 158 cm³/mol. The molecule has 2 aromatic carbocycles. The number of carbonyl (C=O) groups is 1. The van der Waals surface area contributed by atoms with E-state index in [4.69, 9.17) is 9.47 Å². The molecular formula is C28H35IN4O5Si. The molecule has 4 atom stereocenters. The van der Waals surface area contributed by atoms with E-state index in [0.717, 1.165) is 26.1 Å². The number of aliphatic hydroxyl groups excluding tert-OH is 1. The number of halogens is 1. The standard InChI is InChI=1S/C28H35IN4O5Si/c1-18-26(39(3,4)36)25(11-13-32-17-21(12-14-34)30-31-32)38-28(18)23-15-22(37-2)9-10-24(23)33(27(28)35)16-19-5-7-20(29)8-6-19/h5-10,15,17-18,25-26,34,36H,11-14,16H2,1-4H3/t18-,25+,26-,28+/m0/s1. The summed E-state index contributed by atoms with van der Waals surface area (Å²) < 4.78 is 15.3. The Balaban J connectivity index is 1.52. The average Bonchev–Trinajstić information content (AvgIpc) is 3.54. The minimum absolute atomic E-state index is 0.0144. The SMILES string of the molecule is COc1ccc2c(c1)[C@@]1(O[C@H](CCn3cc(CCO)nn3)[C@@H]([Si](C)(C)O)[C@@H]1C)C(=O)N2Cc1ccc(I)cc1. The maximum Gasteiger partial charge on any atom is 0.264 e. The van der Waals surface area contributed by atoms with Crippen LogP contribution < -0.4 is 9.64 Å². The number of nitrogens with zero attached hydrogens (tertiary/aromatic N) is 4. The molecular weight excluding hydrogens is 627 g/mol. The van der Waals surface area contributed by atoms with Crippen molar-refractivity contribution in [1.29, 1.82) is 0 Å². The fourth-order valence-corrected chi connectivity index (χ4v) is 9.28. The fourth-order valence-electron chi connectivity index (χ4n) is 6.32. The molecule has 1 saturated heterocycles. The summed E-state index contributed by atoms with van der Waals surface area (Å²) >= 11 is 2.28. The highest BCUT2D eigenvalue weighted by Crippen LogP contribution is 2.60. The molecule has 39 heavy (non-hydrogen) atoms. The van der Waals surface area contributed by atoms with E-state index in [-0.39, 0.29) is 30.1 Å². The summed E-state index contributed by atoms with van der Waals surface area (Å²) in [6.45, 7) is 6.86. The van der Waals surface area contributed by atoms with Crippen molar-refractivity contribution in [2.45, 2.75) is 63.2 Å². The summed E-state index contributed by atoms with van der Waals surface area (Å²) in [6, 6.07) is 13.9. The van der Waals surface area contributed by atoms with Crippen LogP contribution in [0.5, 0.6) is 5.75 Å². The second-order valence-corrected chi connectivity index (χ2v) is 16.2. The van der Waals surface area contributed by atoms with Crippen LogP contribution in [-0.2, 0) is 34.6 Å². The smallest absolute Gasteiger partial charge is 0.264 e. The topological polar surface area (TPSA) is 110 Å². The Morgan fingerprint density at radius 1 is 1.21 bits per heavy atom. The maximum absolute atomic E-state index is 14.5. The molecule has 11 heteroatoms. The van der Waals surface area contributed by atoms with Crippen LogP contribution in [0.1, 0.15) is 30.2 Å². The Morgan fingerprint density at radius 2 is 1.95 bits per heavy atom. The van der Waals surface area contributed by atoms with E-state index in [1.165, 1.54) is 0 Å². The monoisotopic (exact) mass is 662 g/mol. The van der Waals surface area contributed by atoms with Gasteiger partial charge in [-0.05, 0) is 78.0 Å². The van der Waals surface area contributed by atoms with Crippen LogP contribution in [0.3, 0.4) is 0 Å². The molecule has 1 aromatic heterocycles. The lowest BCUT2D eigenvalue weighted by atomic mass is 9.82. The first-order valence-corrected chi connectivity index (χ1v) is 17.3. The van der Waals surface area contributed by atoms with Gasteiger partial charge in [-0.1, -0.05) is 24.3 Å². The van der Waals surface area contributed by atoms with Crippen LogP contribution in [0.4, 0.5) is 5.69 Å². The molecule has 0 saturated carbocycles. The lowest BCUT2D eigenvalue weighted by Crippen LogP contribution is -2.46. The number of carbonyl (C=O) groups excluding carboxylic acids is 1. The molecule has 0 bridgehead atoms. The lowest BCUT2D eigenvalue weighted by molar-refractivity contribution is -0.146. The van der Waals surface area contributed by atoms with E-state index in [1.54, 1.807) is 11.8 Å². The fraction of sp³-hybridized carbons (Fsp3) is 0.464. The summed E-state index contributed by atoms with van der Waals surface area (Å²) in [4.78, 5) is 27.8. The number of amides is 1. The van der Waals surface area contributed by atoms with Gasteiger partial charge in [-0.2, -0.15) is 0 Å². The molecule has 2 aliphatic rings. The van der Waals surface area contributed by atoms with Gasteiger partial charge in [-0.15, -0.1) is 5.10 Å². The van der Waals surface area contributed by atoms with Crippen molar-refractivity contribution in [3.8, 4) is 5.75 Å². The highest BCUT2D eigenvalue weighted by molar-refractivity contribution is 14.1. The number of aromatic nitrogens is 3. The molecule has 1 fully saturated rings. The highest BCUT2D eigenvalue weighted by atomic mass is 127. The first-order chi connectivity index (χ1) is 18.6. The van der Waals surface area contributed by atoms with Crippen LogP contribution in [0.25, 0.3) is 0 Å². The molecule has 0 radical (unpaired) electrons. The zero-order chi connectivity index (χ0) is 27.9. The second kappa shape index (κ2) is 10.9. The van der Waals surface area contributed by atoms with Gasteiger partial charge in [0.25, 0.3) is 5.91 Å². The first-order valence-electron chi connectivity index (χ1n) is 13.2. The van der Waals surface area contributed by atoms with Crippen molar-refractivity contribution in [3.63, 3.8) is 0 Å². The number of aryl methyl sites for hydroxylation is 1. The number of anilines is 1. The van der Waals surface area contributed by atoms with Gasteiger partial charge in [-0.3, -0.25) is 9.48 Å². The summed E-state index contributed by atoms with van der Waals surface area (Å²) in [5.74, 6) is 0.302. The van der Waals surface area contributed by atoms with Crippen LogP contribution in [-0.4, -0.2) is 58.9 Å². The van der Waals surface area contributed by atoms with Gasteiger partial charge in [0.1, 0.15) is 5.75 Å². The van der Waals surface area contributed by atoms with E-state index in [2.05, 4.69) is 32.9 Å². The number of hydrogen-bond donors (Lipinski definition) is 2. The number of hydrogen-bond acceptors (Lipinski definition) is 7. The maximum atomic E-state index is 14.5. The summed E-state index contributed by atoms with van der Waals surface area (Å²) in [7, 11) is -1.15. The van der Waals surface area contributed by atoms with Crippen molar-refractivity contribution in [1.82, 2.24) is 15.0 Å². The molecule has 3 aromatic rings. The second-order valence-electron chi connectivity index (χ2n) is 11.0. The third-order valence-electron chi connectivity index (χ3n) is 8.04. The highest BCUT2D eigenvalue weighted by Gasteiger charge is 2.66. The lowest BCUT2D eigenvalue weighted by Gasteiger charge is -2.32. The van der Waals surface area contributed by atoms with Gasteiger partial charge in [0.2, 0.25) is 0 Å². The Hall–Kier alpha value is -2.32. The molecule has 0 aliphatic carbocycles. The summed E-state index contributed by atoms with van der Waals surface area (Å²) in [5, 5.41) is 17.5. The van der Waals surface area contributed by atoms with Crippen molar-refractivity contribution in [2.24, 2.45) is 5.92 Å². The largest absolute Gasteiger partial charge is 0.497 e. The molecule has 1 spiro atoms. The predicted octanol–water partition coefficient (Wildman–Crippen LogP) is 3.86. The van der Waals surface area contributed by atoms with Gasteiger partial charge in [0.15, 0.2) is 13.9 Å². The minimum Gasteiger partial charge on any atom is -0.497 e. The van der Waals surface area contributed by atoms with Gasteiger partial charge in [0.05, 0.1) is 31.1 Å². The van der Waals surface area contributed by atoms with Gasteiger partial charge in [-0.25, -0.2) is 0 Å². The Kier molecular flexibility index (Phi) is 7.90. The van der Waals surface area contributed by atoms with Gasteiger partial charge in [0, 0.05) is 46.4 Å². The van der Waals surface area contributed by atoms with Crippen molar-refractivity contribution in [2.75, 3.05) is 18.6 Å². The number of benzene rings is 2. The zero-order valence-corrected chi connectivity index (χ0v) is 25.8. The molecule has 2 aliphatic heterocycles. The Labute approximate surface area is 243 Å². The van der Waals surface area contributed by atoms with Crippen molar-refractivity contribution >= 4 is 42.5 Å². The molecule has 208 valence electrons. The van der Waals surface area contributed by atoms with Crippen molar-refractivity contribution in [3.05, 3.63) is 69.1 Å². The minimum atomic E-state index is -2.77. The number of methoxy groups -OCH3 is 1. The Morgan fingerprint density at radius 3 is 2.62 bits per heavy atom. The summed E-state index contributed by atoms with van der Waals surface area (Å²) in [6.07, 6.45) is 2.49. The van der Waals surface area contributed by atoms with E-state index in [1.807, 2.05) is 73.6 Å². The number of aliphatic hydroxyl groups is 1. The molecule has 1 amide bonds.